The summed E-state index contributed by atoms with van der Waals surface area (Å²) in [5, 5.41) is 0. The summed E-state index contributed by atoms with van der Waals surface area (Å²) in [5.74, 6) is 0. The van der Waals surface area contributed by atoms with Gasteiger partial charge in [-0.1, -0.05) is 58.5 Å². The van der Waals surface area contributed by atoms with Crippen LogP contribution >= 0.6 is 11.1 Å². The Balaban J connectivity index is 3.01. The molecule has 0 N–H and O–H groups in total. The molecular weight excluding hydrogens is 184 g/mol. The molecule has 0 aliphatic rings. The van der Waals surface area contributed by atoms with E-state index in [1.165, 1.54) is 38.1 Å². The van der Waals surface area contributed by atoms with Gasteiger partial charge in [-0.3, -0.25) is 0 Å². The molecule has 0 amide bonds. The predicted octanol–water partition coefficient (Wildman–Crippen LogP) is 4.60. The van der Waals surface area contributed by atoms with E-state index in [-0.39, 0.29) is 0 Å². The first kappa shape index (κ1) is 12.5. The van der Waals surface area contributed by atoms with Crippen molar-refractivity contribution in [3.63, 3.8) is 0 Å². The molecule has 0 saturated heterocycles. The first-order valence-corrected chi connectivity index (χ1v) is 9.26. The second-order valence-corrected chi connectivity index (χ2v) is 11.1. The predicted molar refractivity (Wildman–Crippen MR) is 61.2 cm³/mol. The lowest BCUT2D eigenvalue weighted by atomic mass is 10.1. The minimum atomic E-state index is -1.27. The van der Waals surface area contributed by atoms with E-state index in [0.717, 1.165) is 6.42 Å². The maximum absolute atomic E-state index is 6.20. The summed E-state index contributed by atoms with van der Waals surface area (Å²) >= 11 is 6.20. The molecule has 12 heavy (non-hydrogen) atoms. The topological polar surface area (TPSA) is 0 Å². The molecule has 0 fully saturated rings. The summed E-state index contributed by atoms with van der Waals surface area (Å²) in [4.78, 5) is 0. The summed E-state index contributed by atoms with van der Waals surface area (Å²) in [6, 6.07) is 1.28. The van der Waals surface area contributed by atoms with Gasteiger partial charge >= 0.3 is 0 Å². The largest absolute Gasteiger partial charge is 0.168 e. The Morgan fingerprint density at radius 1 is 1.00 bits per heavy atom. The molecule has 0 spiro atoms. The maximum Gasteiger partial charge on any atom is 0.150 e. The van der Waals surface area contributed by atoms with E-state index in [1.807, 2.05) is 0 Å². The van der Waals surface area contributed by atoms with Crippen LogP contribution in [0.25, 0.3) is 0 Å². The Kier molecular flexibility index (Phi) is 7.26. The molecule has 0 aromatic heterocycles. The Hall–Kier alpha value is 0.507. The van der Waals surface area contributed by atoms with Gasteiger partial charge in [-0.15, -0.1) is 0 Å². The van der Waals surface area contributed by atoms with Crippen LogP contribution in [-0.4, -0.2) is 7.38 Å². The van der Waals surface area contributed by atoms with Crippen molar-refractivity contribution in [2.45, 2.75) is 57.7 Å². The van der Waals surface area contributed by atoms with Gasteiger partial charge in [-0.05, 0) is 6.04 Å². The van der Waals surface area contributed by atoms with E-state index in [9.17, 15) is 0 Å². The van der Waals surface area contributed by atoms with Crippen LogP contribution in [0.1, 0.15) is 38.5 Å². The molecule has 0 heterocycles. The van der Waals surface area contributed by atoms with Gasteiger partial charge in [0.25, 0.3) is 0 Å². The SMILES string of the molecule is [CH2]CCCCCCC[Si](C)(C)Cl. The van der Waals surface area contributed by atoms with Crippen LogP contribution in [0.2, 0.25) is 19.1 Å². The Labute approximate surface area is 83.4 Å². The van der Waals surface area contributed by atoms with Crippen molar-refractivity contribution in [3.05, 3.63) is 6.92 Å². The monoisotopic (exact) mass is 205 g/mol. The highest BCUT2D eigenvalue weighted by Crippen LogP contribution is 2.18. The normalized spacial score (nSPS) is 12.0. The van der Waals surface area contributed by atoms with Crippen molar-refractivity contribution in [2.75, 3.05) is 0 Å². The van der Waals surface area contributed by atoms with Crippen molar-refractivity contribution in [2.24, 2.45) is 0 Å². The Morgan fingerprint density at radius 2 is 1.50 bits per heavy atom. The minimum Gasteiger partial charge on any atom is -0.168 e. The Morgan fingerprint density at radius 3 is 2.00 bits per heavy atom. The molecule has 0 unspecified atom stereocenters. The molecule has 73 valence electrons. The van der Waals surface area contributed by atoms with Crippen LogP contribution < -0.4 is 0 Å². The summed E-state index contributed by atoms with van der Waals surface area (Å²) in [5.41, 5.74) is 0. The maximum atomic E-state index is 6.20. The lowest BCUT2D eigenvalue weighted by Gasteiger charge is -2.11. The van der Waals surface area contributed by atoms with Gasteiger partial charge in [0.1, 0.15) is 7.38 Å². The minimum absolute atomic E-state index is 1.09. The molecule has 0 aliphatic heterocycles. The molecule has 0 saturated carbocycles. The van der Waals surface area contributed by atoms with E-state index in [2.05, 4.69) is 20.0 Å². The van der Waals surface area contributed by atoms with Gasteiger partial charge < -0.3 is 0 Å². The van der Waals surface area contributed by atoms with Gasteiger partial charge in [-0.2, -0.15) is 11.1 Å². The zero-order valence-corrected chi connectivity index (χ0v) is 10.3. The smallest absolute Gasteiger partial charge is 0.150 e. The third kappa shape index (κ3) is 10.5. The first-order chi connectivity index (χ1) is 5.56. The van der Waals surface area contributed by atoms with Crippen LogP contribution in [0.15, 0.2) is 0 Å². The summed E-state index contributed by atoms with van der Waals surface area (Å²) in [7, 11) is -1.27. The van der Waals surface area contributed by atoms with Crippen LogP contribution in [0, 0.1) is 6.92 Å². The molecule has 1 radical (unpaired) electrons. The second-order valence-electron chi connectivity index (χ2n) is 4.09. The zero-order chi connectivity index (χ0) is 9.45. The highest BCUT2D eigenvalue weighted by molar-refractivity contribution is 7.19. The highest BCUT2D eigenvalue weighted by Gasteiger charge is 2.15. The van der Waals surface area contributed by atoms with Crippen molar-refractivity contribution < 1.29 is 0 Å². The van der Waals surface area contributed by atoms with Crippen molar-refractivity contribution >= 4 is 18.5 Å². The quantitative estimate of drug-likeness (QED) is 0.324. The lowest BCUT2D eigenvalue weighted by molar-refractivity contribution is 0.635. The fourth-order valence-corrected chi connectivity index (χ4v) is 2.74. The van der Waals surface area contributed by atoms with Gasteiger partial charge in [0.15, 0.2) is 0 Å². The second kappa shape index (κ2) is 6.96. The summed E-state index contributed by atoms with van der Waals surface area (Å²) < 4.78 is 0. The fourth-order valence-electron chi connectivity index (χ4n) is 1.25. The molecule has 0 aromatic carbocycles. The van der Waals surface area contributed by atoms with Crippen molar-refractivity contribution in [1.29, 1.82) is 0 Å². The number of hydrogen-bond acceptors (Lipinski definition) is 0. The molecular formula is C10H22ClSi. The van der Waals surface area contributed by atoms with Crippen LogP contribution in [0.5, 0.6) is 0 Å². The van der Waals surface area contributed by atoms with Crippen molar-refractivity contribution in [3.8, 4) is 0 Å². The molecule has 0 atom stereocenters. The fraction of sp³-hybridized carbons (Fsp3) is 0.900. The third-order valence-corrected chi connectivity index (χ3v) is 4.13. The Bertz CT molecular complexity index is 96.5. The van der Waals surface area contributed by atoms with Gasteiger partial charge in [0.05, 0.1) is 0 Å². The molecule has 0 nitrogen and oxygen atoms in total. The molecule has 0 bridgehead atoms. The summed E-state index contributed by atoms with van der Waals surface area (Å²) in [6.45, 7) is 8.28. The zero-order valence-electron chi connectivity index (χ0n) is 8.53. The first-order valence-electron chi connectivity index (χ1n) is 5.04. The van der Waals surface area contributed by atoms with Crippen LogP contribution in [-0.2, 0) is 0 Å². The molecule has 0 aromatic rings. The lowest BCUT2D eigenvalue weighted by Crippen LogP contribution is -2.14. The number of rotatable bonds is 7. The summed E-state index contributed by atoms with van der Waals surface area (Å²) in [6.07, 6.45) is 7.81. The van der Waals surface area contributed by atoms with Gasteiger partial charge in [-0.25, -0.2) is 0 Å². The average Bonchev–Trinajstić information content (AvgIpc) is 1.94. The van der Waals surface area contributed by atoms with E-state index < -0.39 is 7.38 Å². The number of hydrogen-bond donors (Lipinski definition) is 0. The molecule has 0 rings (SSSR count). The molecule has 0 aliphatic carbocycles. The average molecular weight is 206 g/mol. The van der Waals surface area contributed by atoms with Crippen LogP contribution in [0.3, 0.4) is 0 Å². The third-order valence-electron chi connectivity index (χ3n) is 2.02. The van der Waals surface area contributed by atoms with Gasteiger partial charge in [0, 0.05) is 0 Å². The van der Waals surface area contributed by atoms with E-state index in [4.69, 9.17) is 11.1 Å². The standard InChI is InChI=1S/C10H22ClSi/c1-4-5-6-7-8-9-10-12(2,3)11/h1,4-10H2,2-3H3. The van der Waals surface area contributed by atoms with Crippen LogP contribution in [0.4, 0.5) is 0 Å². The number of unbranched alkanes of at least 4 members (excludes halogenated alkanes) is 5. The van der Waals surface area contributed by atoms with E-state index in [0.29, 0.717) is 0 Å². The van der Waals surface area contributed by atoms with E-state index in [1.54, 1.807) is 0 Å². The van der Waals surface area contributed by atoms with Crippen molar-refractivity contribution in [1.82, 2.24) is 0 Å². The molecule has 2 heteroatoms. The van der Waals surface area contributed by atoms with Gasteiger partial charge in [0.2, 0.25) is 0 Å². The highest BCUT2D eigenvalue weighted by atomic mass is 35.6. The number of halogens is 1. The van der Waals surface area contributed by atoms with E-state index >= 15 is 0 Å².